The molecule has 2 aliphatic rings. The molecule has 1 aromatic rings. The van der Waals surface area contributed by atoms with Crippen LogP contribution in [0.5, 0.6) is 0 Å². The Kier molecular flexibility index (Phi) is 4.38. The van der Waals surface area contributed by atoms with Crippen LogP contribution in [0.25, 0.3) is 0 Å². The van der Waals surface area contributed by atoms with Crippen LogP contribution in [0.3, 0.4) is 0 Å². The van der Waals surface area contributed by atoms with Crippen molar-refractivity contribution in [1.82, 2.24) is 4.90 Å². The number of rotatable bonds is 5. The van der Waals surface area contributed by atoms with E-state index in [1.807, 2.05) is 12.1 Å². The first-order chi connectivity index (χ1) is 10.1. The third kappa shape index (κ3) is 3.49. The highest BCUT2D eigenvalue weighted by Gasteiger charge is 2.34. The molecule has 2 saturated heterocycles. The molecule has 0 saturated carbocycles. The summed E-state index contributed by atoms with van der Waals surface area (Å²) in [5, 5.41) is 0. The fourth-order valence-electron chi connectivity index (χ4n) is 3.51. The van der Waals surface area contributed by atoms with Crippen molar-refractivity contribution in [3.63, 3.8) is 0 Å². The van der Waals surface area contributed by atoms with Gasteiger partial charge < -0.3 is 9.15 Å². The average Bonchev–Trinajstić information content (AvgIpc) is 3.11. The molecular formula is C15H23NO4S. The average molecular weight is 313 g/mol. The summed E-state index contributed by atoms with van der Waals surface area (Å²) in [6.07, 6.45) is 3.03. The molecule has 0 aliphatic carbocycles. The molecule has 118 valence electrons. The van der Waals surface area contributed by atoms with Gasteiger partial charge in [0.15, 0.2) is 9.84 Å². The van der Waals surface area contributed by atoms with Gasteiger partial charge in [-0.05, 0) is 43.9 Å². The fourth-order valence-corrected chi connectivity index (χ4v) is 5.36. The van der Waals surface area contributed by atoms with E-state index in [1.54, 1.807) is 7.11 Å². The van der Waals surface area contributed by atoms with E-state index in [-0.39, 0.29) is 5.92 Å². The second-order valence-electron chi connectivity index (χ2n) is 6.16. The molecule has 2 aliphatic heterocycles. The Hall–Kier alpha value is -0.850. The van der Waals surface area contributed by atoms with E-state index in [0.717, 1.165) is 43.9 Å². The van der Waals surface area contributed by atoms with Gasteiger partial charge in [-0.3, -0.25) is 4.90 Å². The Morgan fingerprint density at radius 1 is 1.38 bits per heavy atom. The van der Waals surface area contributed by atoms with Crippen molar-refractivity contribution in [3.05, 3.63) is 23.7 Å². The molecule has 21 heavy (non-hydrogen) atoms. The van der Waals surface area contributed by atoms with Crippen LogP contribution in [0.1, 0.15) is 36.8 Å². The molecule has 2 atom stereocenters. The summed E-state index contributed by atoms with van der Waals surface area (Å²) in [7, 11) is -1.13. The molecule has 3 rings (SSSR count). The Bertz CT molecular complexity index is 580. The van der Waals surface area contributed by atoms with Crippen LogP contribution in [0, 0.1) is 5.92 Å². The molecule has 0 aromatic carbocycles. The van der Waals surface area contributed by atoms with Crippen molar-refractivity contribution in [2.45, 2.75) is 31.9 Å². The van der Waals surface area contributed by atoms with Gasteiger partial charge in [-0.15, -0.1) is 0 Å². The van der Waals surface area contributed by atoms with Crippen molar-refractivity contribution in [1.29, 1.82) is 0 Å². The summed E-state index contributed by atoms with van der Waals surface area (Å²) in [5.41, 5.74) is 0. The maximum Gasteiger partial charge on any atom is 0.150 e. The van der Waals surface area contributed by atoms with Crippen LogP contribution >= 0.6 is 0 Å². The molecule has 0 radical (unpaired) electrons. The van der Waals surface area contributed by atoms with Crippen LogP contribution in [0.15, 0.2) is 16.5 Å². The maximum absolute atomic E-state index is 11.6. The molecule has 1 aromatic heterocycles. The molecule has 0 N–H and O–H groups in total. The second kappa shape index (κ2) is 6.10. The van der Waals surface area contributed by atoms with Gasteiger partial charge in [-0.2, -0.15) is 0 Å². The standard InChI is InChI=1S/C15H23NO4S/c1-19-10-13-4-5-15(20-13)14-3-2-7-16(14)9-12-6-8-21(17,18)11-12/h4-5,12,14H,2-3,6-11H2,1H3/t12-,14-/m0/s1. The van der Waals surface area contributed by atoms with E-state index in [2.05, 4.69) is 4.90 Å². The number of nitrogens with zero attached hydrogens (tertiary/aromatic N) is 1. The Labute approximate surface area is 126 Å². The SMILES string of the molecule is COCc1ccc([C@@H]2CCCN2C[C@@H]2CCS(=O)(=O)C2)o1. The lowest BCUT2D eigenvalue weighted by Crippen LogP contribution is -2.29. The Morgan fingerprint density at radius 2 is 2.24 bits per heavy atom. The summed E-state index contributed by atoms with van der Waals surface area (Å²) in [6.45, 7) is 2.39. The predicted octanol–water partition coefficient (Wildman–Crippen LogP) is 2.00. The first-order valence-corrected chi connectivity index (χ1v) is 9.41. The van der Waals surface area contributed by atoms with E-state index >= 15 is 0 Å². The van der Waals surface area contributed by atoms with Gasteiger partial charge in [-0.1, -0.05) is 0 Å². The molecular weight excluding hydrogens is 290 g/mol. The van der Waals surface area contributed by atoms with Crippen molar-refractivity contribution in [3.8, 4) is 0 Å². The maximum atomic E-state index is 11.6. The van der Waals surface area contributed by atoms with Gasteiger partial charge in [-0.25, -0.2) is 8.42 Å². The lowest BCUT2D eigenvalue weighted by molar-refractivity contribution is 0.154. The van der Waals surface area contributed by atoms with Crippen molar-refractivity contribution >= 4 is 9.84 Å². The minimum absolute atomic E-state index is 0.281. The molecule has 0 bridgehead atoms. The van der Waals surface area contributed by atoms with Gasteiger partial charge in [0.05, 0.1) is 17.5 Å². The number of methoxy groups -OCH3 is 1. The van der Waals surface area contributed by atoms with Gasteiger partial charge in [0.1, 0.15) is 18.1 Å². The normalized spacial score (nSPS) is 29.2. The molecule has 3 heterocycles. The molecule has 0 amide bonds. The molecule has 0 unspecified atom stereocenters. The number of sulfone groups is 1. The van der Waals surface area contributed by atoms with Crippen molar-refractivity contribution in [2.75, 3.05) is 31.7 Å². The summed E-state index contributed by atoms with van der Waals surface area (Å²) >= 11 is 0. The molecule has 5 nitrogen and oxygen atoms in total. The highest BCUT2D eigenvalue weighted by molar-refractivity contribution is 7.91. The zero-order valence-corrected chi connectivity index (χ0v) is 13.3. The largest absolute Gasteiger partial charge is 0.462 e. The Balaban J connectivity index is 1.65. The Morgan fingerprint density at radius 3 is 2.95 bits per heavy atom. The van der Waals surface area contributed by atoms with Crippen LogP contribution in [0.4, 0.5) is 0 Å². The summed E-state index contributed by atoms with van der Waals surface area (Å²) in [4.78, 5) is 2.39. The zero-order valence-electron chi connectivity index (χ0n) is 12.5. The topological polar surface area (TPSA) is 59.8 Å². The van der Waals surface area contributed by atoms with Crippen LogP contribution < -0.4 is 0 Å². The third-order valence-corrected chi connectivity index (χ3v) is 6.32. The van der Waals surface area contributed by atoms with Gasteiger partial charge in [0.25, 0.3) is 0 Å². The van der Waals surface area contributed by atoms with E-state index in [1.165, 1.54) is 0 Å². The van der Waals surface area contributed by atoms with E-state index in [4.69, 9.17) is 9.15 Å². The van der Waals surface area contributed by atoms with Crippen LogP contribution in [-0.4, -0.2) is 45.0 Å². The van der Waals surface area contributed by atoms with E-state index in [9.17, 15) is 8.42 Å². The third-order valence-electron chi connectivity index (χ3n) is 4.48. The lowest BCUT2D eigenvalue weighted by Gasteiger charge is -2.25. The summed E-state index contributed by atoms with van der Waals surface area (Å²) in [5.74, 6) is 2.82. The molecule has 6 heteroatoms. The first kappa shape index (κ1) is 15.1. The highest BCUT2D eigenvalue weighted by atomic mass is 32.2. The first-order valence-electron chi connectivity index (χ1n) is 7.59. The lowest BCUT2D eigenvalue weighted by atomic mass is 10.1. The van der Waals surface area contributed by atoms with E-state index < -0.39 is 9.84 Å². The van der Waals surface area contributed by atoms with Gasteiger partial charge in [0, 0.05) is 13.7 Å². The number of likely N-dealkylation sites (tertiary alicyclic amines) is 1. The van der Waals surface area contributed by atoms with Crippen LogP contribution in [0.2, 0.25) is 0 Å². The molecule has 0 spiro atoms. The number of furan rings is 1. The second-order valence-corrected chi connectivity index (χ2v) is 8.39. The number of hydrogen-bond donors (Lipinski definition) is 0. The van der Waals surface area contributed by atoms with Gasteiger partial charge >= 0.3 is 0 Å². The summed E-state index contributed by atoms with van der Waals surface area (Å²) in [6, 6.07) is 4.29. The van der Waals surface area contributed by atoms with Crippen LogP contribution in [-0.2, 0) is 21.2 Å². The predicted molar refractivity (Wildman–Crippen MR) is 79.7 cm³/mol. The quantitative estimate of drug-likeness (QED) is 0.832. The van der Waals surface area contributed by atoms with Crippen molar-refractivity contribution in [2.24, 2.45) is 5.92 Å². The number of hydrogen-bond acceptors (Lipinski definition) is 5. The summed E-state index contributed by atoms with van der Waals surface area (Å²) < 4.78 is 34.1. The highest BCUT2D eigenvalue weighted by Crippen LogP contribution is 2.34. The molecule has 2 fully saturated rings. The van der Waals surface area contributed by atoms with Gasteiger partial charge in [0.2, 0.25) is 0 Å². The smallest absolute Gasteiger partial charge is 0.150 e. The minimum atomic E-state index is -2.79. The monoisotopic (exact) mass is 313 g/mol. The number of ether oxygens (including phenoxy) is 1. The van der Waals surface area contributed by atoms with Crippen molar-refractivity contribution < 1.29 is 17.6 Å². The van der Waals surface area contributed by atoms with E-state index in [0.29, 0.717) is 24.2 Å². The zero-order chi connectivity index (χ0) is 14.9. The minimum Gasteiger partial charge on any atom is -0.462 e. The fraction of sp³-hybridized carbons (Fsp3) is 0.733.